The van der Waals surface area contributed by atoms with Crippen molar-refractivity contribution in [1.82, 2.24) is 24.5 Å². The van der Waals surface area contributed by atoms with Gasteiger partial charge >= 0.3 is 0 Å². The Bertz CT molecular complexity index is 753. The summed E-state index contributed by atoms with van der Waals surface area (Å²) in [5.74, 6) is 1.48. The number of fused-ring (bicyclic) bond motifs is 1. The second-order valence-corrected chi connectivity index (χ2v) is 5.40. The van der Waals surface area contributed by atoms with E-state index in [1.54, 1.807) is 18.4 Å². The van der Waals surface area contributed by atoms with E-state index < -0.39 is 0 Å². The molecule has 0 aromatic carbocycles. The van der Waals surface area contributed by atoms with Crippen molar-refractivity contribution in [2.75, 3.05) is 7.11 Å². The van der Waals surface area contributed by atoms with Crippen LogP contribution in [-0.2, 0) is 12.4 Å². The normalized spacial score (nSPS) is 11.2. The summed E-state index contributed by atoms with van der Waals surface area (Å²) < 4.78 is 7.16. The number of halogens is 1. The fourth-order valence-corrected chi connectivity index (χ4v) is 2.95. The van der Waals surface area contributed by atoms with Crippen LogP contribution in [0.1, 0.15) is 16.5 Å². The summed E-state index contributed by atoms with van der Waals surface area (Å²) in [7, 11) is 1.56. The van der Waals surface area contributed by atoms with E-state index in [0.29, 0.717) is 29.5 Å². The van der Waals surface area contributed by atoms with Gasteiger partial charge in [-0.1, -0.05) is 0 Å². The highest BCUT2D eigenvalue weighted by molar-refractivity contribution is 7.09. The highest BCUT2D eigenvalue weighted by Gasteiger charge is 2.16. The summed E-state index contributed by atoms with van der Waals surface area (Å²) in [6, 6.07) is 0. The third-order valence-electron chi connectivity index (χ3n) is 2.85. The van der Waals surface area contributed by atoms with E-state index in [0.717, 1.165) is 16.5 Å². The van der Waals surface area contributed by atoms with Crippen LogP contribution >= 0.6 is 22.9 Å². The average Bonchev–Trinajstić information content (AvgIpc) is 3.03. The molecule has 0 aliphatic rings. The number of imidazole rings is 1. The van der Waals surface area contributed by atoms with Gasteiger partial charge in [0.15, 0.2) is 11.2 Å². The maximum atomic E-state index is 5.98. The lowest BCUT2D eigenvalue weighted by Gasteiger charge is -2.04. The molecule has 8 heteroatoms. The first-order chi connectivity index (χ1) is 9.72. The lowest BCUT2D eigenvalue weighted by molar-refractivity contribution is 0.401. The van der Waals surface area contributed by atoms with Gasteiger partial charge in [-0.05, 0) is 6.92 Å². The van der Waals surface area contributed by atoms with Crippen molar-refractivity contribution in [3.05, 3.63) is 28.2 Å². The van der Waals surface area contributed by atoms with Crippen molar-refractivity contribution in [3.63, 3.8) is 0 Å². The van der Waals surface area contributed by atoms with Crippen LogP contribution in [0.3, 0.4) is 0 Å². The second-order valence-electron chi connectivity index (χ2n) is 4.19. The molecule has 0 spiro atoms. The van der Waals surface area contributed by atoms with Gasteiger partial charge in [-0.25, -0.2) is 15.0 Å². The molecule has 0 amide bonds. The molecule has 0 saturated carbocycles. The van der Waals surface area contributed by atoms with Crippen molar-refractivity contribution < 1.29 is 4.74 Å². The van der Waals surface area contributed by atoms with Crippen molar-refractivity contribution in [1.29, 1.82) is 0 Å². The van der Waals surface area contributed by atoms with Gasteiger partial charge in [0, 0.05) is 11.1 Å². The largest absolute Gasteiger partial charge is 0.479 e. The van der Waals surface area contributed by atoms with E-state index in [1.807, 2.05) is 16.9 Å². The molecule has 0 aliphatic heterocycles. The van der Waals surface area contributed by atoms with Crippen molar-refractivity contribution in [3.8, 4) is 5.88 Å². The smallest absolute Gasteiger partial charge is 0.245 e. The predicted octanol–water partition coefficient (Wildman–Crippen LogP) is 2.39. The maximum Gasteiger partial charge on any atom is 0.245 e. The Labute approximate surface area is 124 Å². The van der Waals surface area contributed by atoms with Gasteiger partial charge in [0.05, 0.1) is 19.5 Å². The fraction of sp³-hybridized carbons (Fsp3) is 0.333. The third-order valence-corrected chi connectivity index (χ3v) is 4.04. The molecule has 3 rings (SSSR count). The number of aryl methyl sites for hydroxylation is 1. The summed E-state index contributed by atoms with van der Waals surface area (Å²) in [5, 5.41) is 3.01. The van der Waals surface area contributed by atoms with Crippen molar-refractivity contribution in [2.45, 2.75) is 19.3 Å². The zero-order valence-corrected chi connectivity index (χ0v) is 12.6. The van der Waals surface area contributed by atoms with Gasteiger partial charge in [-0.15, -0.1) is 22.9 Å². The first-order valence-electron chi connectivity index (χ1n) is 5.94. The zero-order valence-electron chi connectivity index (χ0n) is 11.0. The van der Waals surface area contributed by atoms with Crippen LogP contribution in [0, 0.1) is 6.92 Å². The van der Waals surface area contributed by atoms with Gasteiger partial charge in [0.25, 0.3) is 0 Å². The summed E-state index contributed by atoms with van der Waals surface area (Å²) in [6.07, 6.45) is 1.46. The summed E-state index contributed by atoms with van der Waals surface area (Å²) in [4.78, 5) is 17.3. The van der Waals surface area contributed by atoms with Crippen LogP contribution in [-0.4, -0.2) is 31.6 Å². The minimum Gasteiger partial charge on any atom is -0.479 e. The quantitative estimate of drug-likeness (QED) is 0.692. The molecular formula is C12H12ClN5OS. The molecule has 0 N–H and O–H groups in total. The number of nitrogens with zero attached hydrogens (tertiary/aromatic N) is 5. The van der Waals surface area contributed by atoms with Crippen LogP contribution in [0.25, 0.3) is 11.2 Å². The lowest BCUT2D eigenvalue weighted by atomic mass is 10.5. The Morgan fingerprint density at radius 2 is 2.20 bits per heavy atom. The van der Waals surface area contributed by atoms with Gasteiger partial charge < -0.3 is 9.30 Å². The molecule has 20 heavy (non-hydrogen) atoms. The highest BCUT2D eigenvalue weighted by Crippen LogP contribution is 2.24. The number of hydrogen-bond donors (Lipinski definition) is 0. The minimum atomic E-state index is 0.296. The first-order valence-corrected chi connectivity index (χ1v) is 7.35. The number of aromatic nitrogens is 5. The van der Waals surface area contributed by atoms with Gasteiger partial charge in [-0.3, -0.25) is 0 Å². The minimum absolute atomic E-state index is 0.296. The van der Waals surface area contributed by atoms with E-state index in [2.05, 4.69) is 19.9 Å². The molecule has 0 radical (unpaired) electrons. The highest BCUT2D eigenvalue weighted by atomic mass is 35.5. The van der Waals surface area contributed by atoms with E-state index in [-0.39, 0.29) is 0 Å². The second kappa shape index (κ2) is 5.34. The fourth-order valence-electron chi connectivity index (χ4n) is 1.99. The molecule has 0 aliphatic carbocycles. The molecule has 0 atom stereocenters. The third kappa shape index (κ3) is 2.23. The molecule has 6 nitrogen and oxygen atoms in total. The average molecular weight is 310 g/mol. The van der Waals surface area contributed by atoms with Crippen molar-refractivity contribution >= 4 is 34.1 Å². The molecule has 3 aromatic rings. The number of rotatable bonds is 4. The molecule has 0 bridgehead atoms. The number of thiazole rings is 1. The van der Waals surface area contributed by atoms with Gasteiger partial charge in [-0.2, -0.15) is 4.98 Å². The zero-order chi connectivity index (χ0) is 14.1. The Hall–Kier alpha value is -1.73. The van der Waals surface area contributed by atoms with E-state index in [4.69, 9.17) is 16.3 Å². The maximum absolute atomic E-state index is 5.98. The Morgan fingerprint density at radius 3 is 2.85 bits per heavy atom. The summed E-state index contributed by atoms with van der Waals surface area (Å²) in [6.45, 7) is 2.57. The Balaban J connectivity index is 2.13. The Morgan fingerprint density at radius 1 is 1.35 bits per heavy atom. The molecular weight excluding hydrogens is 298 g/mol. The van der Waals surface area contributed by atoms with E-state index >= 15 is 0 Å². The number of alkyl halides is 1. The summed E-state index contributed by atoms with van der Waals surface area (Å²) >= 11 is 7.59. The lowest BCUT2D eigenvalue weighted by Crippen LogP contribution is -2.04. The molecule has 0 unspecified atom stereocenters. The first kappa shape index (κ1) is 13.3. The van der Waals surface area contributed by atoms with E-state index in [1.165, 1.54) is 6.33 Å². The molecule has 3 heterocycles. The summed E-state index contributed by atoms with van der Waals surface area (Å²) in [5.41, 5.74) is 2.34. The Kier molecular flexibility index (Phi) is 3.54. The van der Waals surface area contributed by atoms with Gasteiger partial charge in [0.2, 0.25) is 5.88 Å². The van der Waals surface area contributed by atoms with Crippen LogP contribution in [0.5, 0.6) is 5.88 Å². The van der Waals surface area contributed by atoms with Crippen LogP contribution < -0.4 is 4.74 Å². The molecule has 104 valence electrons. The van der Waals surface area contributed by atoms with E-state index in [9.17, 15) is 0 Å². The van der Waals surface area contributed by atoms with Crippen LogP contribution in [0.4, 0.5) is 0 Å². The SMILES string of the molecule is COc1ncnc2c1nc(CCl)n2Cc1nc(C)cs1. The number of methoxy groups -OCH3 is 1. The predicted molar refractivity (Wildman–Crippen MR) is 77.4 cm³/mol. The molecule has 0 fully saturated rings. The molecule has 0 saturated heterocycles. The number of ether oxygens (including phenoxy) is 1. The van der Waals surface area contributed by atoms with Crippen LogP contribution in [0.2, 0.25) is 0 Å². The topological polar surface area (TPSA) is 65.7 Å². The van der Waals surface area contributed by atoms with Gasteiger partial charge in [0.1, 0.15) is 17.2 Å². The standard InChI is InChI=1S/C12H12ClN5OS/c1-7-5-20-9(16-7)4-18-8(3-13)17-10-11(18)14-6-15-12(10)19-2/h5-6H,3-4H2,1-2H3. The molecule has 3 aromatic heterocycles. The monoisotopic (exact) mass is 309 g/mol. The van der Waals surface area contributed by atoms with Crippen LogP contribution in [0.15, 0.2) is 11.7 Å². The number of hydrogen-bond acceptors (Lipinski definition) is 6. The van der Waals surface area contributed by atoms with Crippen molar-refractivity contribution in [2.24, 2.45) is 0 Å².